The predicted octanol–water partition coefficient (Wildman–Crippen LogP) is 6.72. The van der Waals surface area contributed by atoms with Crippen molar-refractivity contribution in [3.63, 3.8) is 0 Å². The van der Waals surface area contributed by atoms with Gasteiger partial charge in [0.05, 0.1) is 28.5 Å². The van der Waals surface area contributed by atoms with Crippen molar-refractivity contribution >= 4 is 30.1 Å². The summed E-state index contributed by atoms with van der Waals surface area (Å²) in [5.41, 5.74) is 1.59. The summed E-state index contributed by atoms with van der Waals surface area (Å²) in [5.74, 6) is -3.15. The second-order valence-corrected chi connectivity index (χ2v) is 10.8. The van der Waals surface area contributed by atoms with Crippen LogP contribution in [0.4, 0.5) is 0 Å². The minimum absolute atomic E-state index is 0.0757. The van der Waals surface area contributed by atoms with E-state index in [0.29, 0.717) is 0 Å². The maximum Gasteiger partial charge on any atom is 0.338 e. The molecule has 5 rings (SSSR count). The average Bonchev–Trinajstić information content (AvgIpc) is 3.18. The molecule has 0 N–H and O–H groups in total. The van der Waals surface area contributed by atoms with Crippen LogP contribution in [0.3, 0.4) is 0 Å². The van der Waals surface area contributed by atoms with Crippen LogP contribution >= 0.6 is 0 Å². The summed E-state index contributed by atoms with van der Waals surface area (Å²) in [6.45, 7) is -0.511. The third-order valence-corrected chi connectivity index (χ3v) is 7.21. The zero-order valence-corrected chi connectivity index (χ0v) is 26.8. The third kappa shape index (κ3) is 10.2. The van der Waals surface area contributed by atoms with Gasteiger partial charge in [0.25, 0.3) is 0 Å². The van der Waals surface area contributed by atoms with E-state index in [-0.39, 0.29) is 28.9 Å². The molecule has 0 saturated heterocycles. The van der Waals surface area contributed by atoms with Gasteiger partial charge in [0, 0.05) is 0 Å². The standard InChI is InChI=1S/C40H33NO9/c42-37(30-18-8-2-9-19-30)46-28-35(49-39(44)32-22-12-4-13-23-32)36(50-40(45)33-24-14-5-15-25-33)34(48-38(43)31-20-10-3-11-21-31)26-41-47-27-29-16-6-1-7-17-29/h1-26,34-36H,27-28H2/t34-,35-,36+/m1/s1. The first-order chi connectivity index (χ1) is 24.5. The Morgan fingerprint density at radius 3 is 1.38 bits per heavy atom. The number of hydrogen-bond donors (Lipinski definition) is 0. The molecule has 0 aliphatic carbocycles. The quantitative estimate of drug-likeness (QED) is 0.0516. The van der Waals surface area contributed by atoms with Crippen molar-refractivity contribution in [3.05, 3.63) is 179 Å². The van der Waals surface area contributed by atoms with Crippen LogP contribution in [0, 0.1) is 0 Å². The highest BCUT2D eigenvalue weighted by molar-refractivity contribution is 5.92. The molecule has 0 unspecified atom stereocenters. The molecule has 0 radical (unpaired) electrons. The van der Waals surface area contributed by atoms with Crippen molar-refractivity contribution in [2.75, 3.05) is 6.61 Å². The molecule has 0 saturated carbocycles. The lowest BCUT2D eigenvalue weighted by molar-refractivity contribution is -0.0863. The second-order valence-electron chi connectivity index (χ2n) is 10.8. The number of benzene rings is 5. The molecule has 5 aromatic carbocycles. The molecule has 0 heterocycles. The van der Waals surface area contributed by atoms with Gasteiger partial charge in [-0.25, -0.2) is 19.2 Å². The van der Waals surface area contributed by atoms with Crippen molar-refractivity contribution in [3.8, 4) is 0 Å². The number of nitrogens with zero attached hydrogens (tertiary/aromatic N) is 1. The van der Waals surface area contributed by atoms with E-state index in [1.165, 1.54) is 24.3 Å². The summed E-state index contributed by atoms with van der Waals surface area (Å²) >= 11 is 0. The predicted molar refractivity (Wildman–Crippen MR) is 183 cm³/mol. The number of carbonyl (C=O) groups is 4. The summed E-state index contributed by atoms with van der Waals surface area (Å²) < 4.78 is 23.3. The zero-order valence-electron chi connectivity index (χ0n) is 26.8. The lowest BCUT2D eigenvalue weighted by atomic mass is 10.1. The SMILES string of the molecule is O=C(OC[C@@H](OC(=O)c1ccccc1)[C@@H](OC(=O)c1ccccc1)[C@@H](C=NOCc1ccccc1)OC(=O)c1ccccc1)c1ccccc1. The summed E-state index contributed by atoms with van der Waals surface area (Å²) in [5, 5.41) is 4.04. The van der Waals surface area contributed by atoms with Gasteiger partial charge in [-0.1, -0.05) is 108 Å². The van der Waals surface area contributed by atoms with E-state index in [1.807, 2.05) is 30.3 Å². The van der Waals surface area contributed by atoms with E-state index >= 15 is 0 Å². The maximum atomic E-state index is 13.6. The first kappa shape index (κ1) is 34.8. The molecule has 50 heavy (non-hydrogen) atoms. The van der Waals surface area contributed by atoms with Crippen LogP contribution in [0.15, 0.2) is 157 Å². The number of rotatable bonds is 15. The largest absolute Gasteiger partial charge is 0.458 e. The molecule has 0 fully saturated rings. The van der Waals surface area contributed by atoms with Crippen LogP contribution in [0.1, 0.15) is 47.0 Å². The van der Waals surface area contributed by atoms with Gasteiger partial charge in [0.15, 0.2) is 18.3 Å². The van der Waals surface area contributed by atoms with Gasteiger partial charge in [-0.15, -0.1) is 0 Å². The van der Waals surface area contributed by atoms with Gasteiger partial charge < -0.3 is 23.8 Å². The van der Waals surface area contributed by atoms with Crippen molar-refractivity contribution in [2.24, 2.45) is 5.16 Å². The van der Waals surface area contributed by atoms with Gasteiger partial charge >= 0.3 is 23.9 Å². The van der Waals surface area contributed by atoms with Crippen LogP contribution in [0.25, 0.3) is 0 Å². The summed E-state index contributed by atoms with van der Waals surface area (Å²) in [6.07, 6.45) is -3.46. The minimum atomic E-state index is -1.59. The molecular weight excluding hydrogens is 638 g/mol. The van der Waals surface area contributed by atoms with E-state index in [2.05, 4.69) is 5.16 Å². The fourth-order valence-electron chi connectivity index (χ4n) is 4.65. The zero-order chi connectivity index (χ0) is 35.0. The Bertz CT molecular complexity index is 1850. The normalized spacial score (nSPS) is 12.6. The van der Waals surface area contributed by atoms with Crippen molar-refractivity contribution < 1.29 is 43.0 Å². The number of ether oxygens (including phenoxy) is 4. The van der Waals surface area contributed by atoms with E-state index in [1.54, 1.807) is 97.1 Å². The molecule has 0 aliphatic rings. The first-order valence-electron chi connectivity index (χ1n) is 15.7. The Balaban J connectivity index is 1.51. The molecule has 5 aromatic rings. The molecule has 0 aromatic heterocycles. The van der Waals surface area contributed by atoms with E-state index in [0.717, 1.165) is 11.8 Å². The molecule has 10 heteroatoms. The van der Waals surface area contributed by atoms with Gasteiger partial charge in [0.1, 0.15) is 13.2 Å². The lowest BCUT2D eigenvalue weighted by Crippen LogP contribution is -2.48. The Kier molecular flexibility index (Phi) is 12.6. The highest BCUT2D eigenvalue weighted by Crippen LogP contribution is 2.20. The van der Waals surface area contributed by atoms with Gasteiger partial charge in [-0.3, -0.25) is 0 Å². The van der Waals surface area contributed by atoms with Crippen LogP contribution in [0.2, 0.25) is 0 Å². The van der Waals surface area contributed by atoms with Crippen molar-refractivity contribution in [1.29, 1.82) is 0 Å². The fraction of sp³-hybridized carbons (Fsp3) is 0.125. The molecule has 0 spiro atoms. The molecule has 3 atom stereocenters. The van der Waals surface area contributed by atoms with E-state index in [9.17, 15) is 19.2 Å². The van der Waals surface area contributed by atoms with Crippen LogP contribution < -0.4 is 0 Å². The Morgan fingerprint density at radius 1 is 0.500 bits per heavy atom. The van der Waals surface area contributed by atoms with Crippen molar-refractivity contribution in [1.82, 2.24) is 0 Å². The molecular formula is C40H33NO9. The summed E-state index contributed by atoms with van der Waals surface area (Å²) in [7, 11) is 0. The number of carbonyl (C=O) groups excluding carboxylic acids is 4. The molecule has 0 aliphatic heterocycles. The maximum absolute atomic E-state index is 13.6. The summed E-state index contributed by atoms with van der Waals surface area (Å²) in [4.78, 5) is 59.0. The molecule has 0 bridgehead atoms. The first-order valence-corrected chi connectivity index (χ1v) is 15.7. The average molecular weight is 672 g/mol. The van der Waals surface area contributed by atoms with Crippen LogP contribution in [-0.2, 0) is 30.4 Å². The van der Waals surface area contributed by atoms with Gasteiger partial charge in [0.2, 0.25) is 0 Å². The topological polar surface area (TPSA) is 127 Å². The molecule has 0 amide bonds. The second kappa shape index (κ2) is 18.1. The van der Waals surface area contributed by atoms with Crippen LogP contribution in [0.5, 0.6) is 0 Å². The Hall–Kier alpha value is -6.55. The number of esters is 4. The lowest BCUT2D eigenvalue weighted by Gasteiger charge is -2.30. The fourth-order valence-corrected chi connectivity index (χ4v) is 4.65. The third-order valence-electron chi connectivity index (χ3n) is 7.21. The highest BCUT2D eigenvalue weighted by atomic mass is 16.6. The van der Waals surface area contributed by atoms with Gasteiger partial charge in [-0.2, -0.15) is 0 Å². The molecule has 10 nitrogen and oxygen atoms in total. The molecule has 252 valence electrons. The smallest absolute Gasteiger partial charge is 0.338 e. The number of hydrogen-bond acceptors (Lipinski definition) is 10. The van der Waals surface area contributed by atoms with Crippen molar-refractivity contribution in [2.45, 2.75) is 24.9 Å². The van der Waals surface area contributed by atoms with E-state index in [4.69, 9.17) is 23.8 Å². The Labute approximate surface area is 288 Å². The van der Waals surface area contributed by atoms with Gasteiger partial charge in [-0.05, 0) is 54.1 Å². The van der Waals surface area contributed by atoms with E-state index < -0.39 is 48.8 Å². The number of oxime groups is 1. The van der Waals surface area contributed by atoms with Crippen LogP contribution in [-0.4, -0.2) is 55.0 Å². The monoisotopic (exact) mass is 671 g/mol. The minimum Gasteiger partial charge on any atom is -0.458 e. The summed E-state index contributed by atoms with van der Waals surface area (Å²) in [6, 6.07) is 41.7. The Morgan fingerprint density at radius 2 is 0.900 bits per heavy atom. The highest BCUT2D eigenvalue weighted by Gasteiger charge is 2.39.